The Bertz CT molecular complexity index is 320. The zero-order valence-electron chi connectivity index (χ0n) is 10.4. The van der Waals surface area contributed by atoms with Crippen LogP contribution in [0.5, 0.6) is 0 Å². The first-order valence-electron chi connectivity index (χ1n) is 5.35. The summed E-state index contributed by atoms with van der Waals surface area (Å²) in [6.45, 7) is 3.87. The molecule has 0 heterocycles. The quantitative estimate of drug-likeness (QED) is 0.340. The molecule has 0 aliphatic heterocycles. The van der Waals surface area contributed by atoms with E-state index in [-0.39, 0.29) is 32.5 Å². The molecule has 5 nitrogen and oxygen atoms in total. The van der Waals surface area contributed by atoms with Gasteiger partial charge in [-0.2, -0.15) is 0 Å². The van der Waals surface area contributed by atoms with Crippen molar-refractivity contribution in [1.29, 1.82) is 0 Å². The van der Waals surface area contributed by atoms with Gasteiger partial charge in [0.25, 0.3) is 0 Å². The Balaban J connectivity index is 4.52. The zero-order valence-corrected chi connectivity index (χ0v) is 17.6. The van der Waals surface area contributed by atoms with E-state index in [1.807, 2.05) is 13.8 Å². The number of hydrogen-bond acceptors (Lipinski definition) is 4. The Labute approximate surface area is 146 Å². The van der Waals surface area contributed by atoms with Crippen LogP contribution in [0.2, 0.25) is 0 Å². The van der Waals surface area contributed by atoms with Crippen molar-refractivity contribution in [2.75, 3.05) is 13.2 Å². The van der Waals surface area contributed by atoms with E-state index >= 15 is 0 Å². The normalized spacial score (nSPS) is 21.2. The van der Waals surface area contributed by atoms with Gasteiger partial charge in [0.05, 0.1) is 22.9 Å². The Morgan fingerprint density at radius 1 is 1.05 bits per heavy atom. The van der Waals surface area contributed by atoms with Crippen molar-refractivity contribution in [3.63, 3.8) is 0 Å². The highest BCUT2D eigenvalue weighted by molar-refractivity contribution is 9.12. The van der Waals surface area contributed by atoms with Crippen LogP contribution in [-0.4, -0.2) is 38.2 Å². The van der Waals surface area contributed by atoms with Gasteiger partial charge in [0.15, 0.2) is 0 Å². The molecule has 0 aliphatic carbocycles. The van der Waals surface area contributed by atoms with Gasteiger partial charge in [-0.3, -0.25) is 4.79 Å². The lowest BCUT2D eigenvalue weighted by atomic mass is 10.4. The molecule has 2 N–H and O–H groups in total. The Morgan fingerprint density at radius 2 is 1.37 bits per heavy atom. The van der Waals surface area contributed by atoms with E-state index in [4.69, 9.17) is 14.8 Å². The van der Waals surface area contributed by atoms with E-state index in [0.717, 1.165) is 0 Å². The Hall–Kier alpha value is 1.54. The van der Waals surface area contributed by atoms with Crippen LogP contribution in [0.1, 0.15) is 13.8 Å². The SMILES string of the molecule is CC(Br)C(Br)COP(=O)(OCC(Br)C(C)Br)C(N)=O. The van der Waals surface area contributed by atoms with Crippen molar-refractivity contribution in [2.24, 2.45) is 5.73 Å². The number of rotatable bonds is 9. The van der Waals surface area contributed by atoms with Crippen molar-refractivity contribution in [3.8, 4) is 0 Å². The van der Waals surface area contributed by atoms with E-state index in [1.165, 1.54) is 0 Å². The summed E-state index contributed by atoms with van der Waals surface area (Å²) >= 11 is 13.3. The average molecular weight is 553 g/mol. The number of primary amides is 1. The lowest BCUT2D eigenvalue weighted by Gasteiger charge is -2.20. The van der Waals surface area contributed by atoms with Crippen LogP contribution in [-0.2, 0) is 13.6 Å². The highest BCUT2D eigenvalue weighted by Gasteiger charge is 2.35. The Morgan fingerprint density at radius 3 is 1.58 bits per heavy atom. The Kier molecular flexibility index (Phi) is 10.3. The summed E-state index contributed by atoms with van der Waals surface area (Å²) in [5, 5.41) is 0. The van der Waals surface area contributed by atoms with Crippen LogP contribution in [0.3, 0.4) is 0 Å². The van der Waals surface area contributed by atoms with Gasteiger partial charge < -0.3 is 14.8 Å². The van der Waals surface area contributed by atoms with Gasteiger partial charge in [-0.05, 0) is 0 Å². The zero-order chi connectivity index (χ0) is 15.2. The summed E-state index contributed by atoms with van der Waals surface area (Å²) in [6.07, 6.45) is 0. The third-order valence-electron chi connectivity index (χ3n) is 2.07. The molecule has 0 aliphatic rings. The smallest absolute Gasteiger partial charge is 0.359 e. The summed E-state index contributed by atoms with van der Waals surface area (Å²) in [4.78, 5) is 11.2. The van der Waals surface area contributed by atoms with Gasteiger partial charge in [-0.25, -0.2) is 4.57 Å². The summed E-state index contributed by atoms with van der Waals surface area (Å²) in [5.41, 5.74) is 4.00. The van der Waals surface area contributed by atoms with Crippen LogP contribution < -0.4 is 5.73 Å². The molecule has 1 amide bonds. The van der Waals surface area contributed by atoms with Gasteiger partial charge in [0.2, 0.25) is 0 Å². The molecule has 4 atom stereocenters. The fourth-order valence-corrected chi connectivity index (χ4v) is 2.79. The highest BCUT2D eigenvalue weighted by atomic mass is 79.9. The third-order valence-corrected chi connectivity index (χ3v) is 8.40. The van der Waals surface area contributed by atoms with Crippen molar-refractivity contribution < 1.29 is 18.4 Å². The molecule has 0 rings (SSSR count). The number of halogens is 4. The van der Waals surface area contributed by atoms with Crippen LogP contribution in [0.25, 0.3) is 0 Å². The number of amides is 1. The number of hydrogen-bond donors (Lipinski definition) is 1. The van der Waals surface area contributed by atoms with E-state index in [2.05, 4.69) is 63.7 Å². The maximum atomic E-state index is 12.2. The minimum Gasteiger partial charge on any atom is -0.359 e. The minimum atomic E-state index is -3.94. The standard InChI is InChI=1S/C9H16Br4NO4P/c1-5(10)7(12)3-17-19(16,9(14)15)18-4-8(13)6(2)11/h5-8H,3-4H2,1-2H3,(H2,14,15). The fraction of sp³-hybridized carbons (Fsp3) is 0.889. The van der Waals surface area contributed by atoms with Crippen molar-refractivity contribution in [2.45, 2.75) is 33.2 Å². The second-order valence-corrected chi connectivity index (χ2v) is 11.0. The van der Waals surface area contributed by atoms with Gasteiger partial charge in [0.1, 0.15) is 0 Å². The topological polar surface area (TPSA) is 78.6 Å². The van der Waals surface area contributed by atoms with Gasteiger partial charge in [0, 0.05) is 9.65 Å². The van der Waals surface area contributed by atoms with Crippen LogP contribution in [0.4, 0.5) is 4.79 Å². The average Bonchev–Trinajstić information content (AvgIpc) is 2.32. The lowest BCUT2D eigenvalue weighted by Crippen LogP contribution is -2.23. The molecule has 19 heavy (non-hydrogen) atoms. The molecule has 0 radical (unpaired) electrons. The molecule has 10 heteroatoms. The van der Waals surface area contributed by atoms with Gasteiger partial charge in [-0.1, -0.05) is 77.6 Å². The first-order chi connectivity index (χ1) is 8.60. The molecule has 114 valence electrons. The summed E-state index contributed by atoms with van der Waals surface area (Å²) in [5.74, 6) is 0. The predicted molar refractivity (Wildman–Crippen MR) is 91.3 cm³/mol. The molecular formula is C9H16Br4NO4P. The molecular weight excluding hydrogens is 537 g/mol. The first-order valence-corrected chi connectivity index (χ1v) is 10.6. The molecule has 0 saturated carbocycles. The van der Waals surface area contributed by atoms with E-state index in [1.54, 1.807) is 0 Å². The second kappa shape index (κ2) is 9.54. The minimum absolute atomic E-state index is 0.0451. The van der Waals surface area contributed by atoms with Crippen molar-refractivity contribution in [1.82, 2.24) is 0 Å². The molecule has 0 bridgehead atoms. The van der Waals surface area contributed by atoms with Crippen molar-refractivity contribution >= 4 is 77.0 Å². The fourth-order valence-electron chi connectivity index (χ4n) is 0.768. The molecule has 0 aromatic heterocycles. The summed E-state index contributed by atoms with van der Waals surface area (Å²) in [7, 11) is -3.94. The van der Waals surface area contributed by atoms with Gasteiger partial charge >= 0.3 is 13.2 Å². The highest BCUT2D eigenvalue weighted by Crippen LogP contribution is 2.49. The van der Waals surface area contributed by atoms with E-state index in [9.17, 15) is 9.36 Å². The monoisotopic (exact) mass is 549 g/mol. The van der Waals surface area contributed by atoms with Crippen LogP contribution in [0.15, 0.2) is 0 Å². The number of alkyl halides is 4. The predicted octanol–water partition coefficient (Wildman–Crippen LogP) is 4.39. The molecule has 0 aromatic rings. The largest absolute Gasteiger partial charge is 0.418 e. The second-order valence-electron chi connectivity index (χ2n) is 3.81. The number of carbonyl (C=O) groups is 1. The van der Waals surface area contributed by atoms with Crippen LogP contribution in [0, 0.1) is 0 Å². The van der Waals surface area contributed by atoms with E-state index < -0.39 is 13.2 Å². The maximum Gasteiger partial charge on any atom is 0.418 e. The number of nitrogens with two attached hydrogens (primary N) is 1. The molecule has 4 unspecified atom stereocenters. The van der Waals surface area contributed by atoms with Gasteiger partial charge in [-0.15, -0.1) is 0 Å². The molecule has 0 fully saturated rings. The summed E-state index contributed by atoms with van der Waals surface area (Å²) < 4.78 is 22.4. The molecule has 0 saturated heterocycles. The number of carbonyl (C=O) groups excluding carboxylic acids is 1. The third kappa shape index (κ3) is 7.93. The summed E-state index contributed by atoms with van der Waals surface area (Å²) in [6, 6.07) is 0. The van der Waals surface area contributed by atoms with Crippen LogP contribution >= 0.6 is 71.3 Å². The lowest BCUT2D eigenvalue weighted by molar-refractivity contribution is 0.200. The van der Waals surface area contributed by atoms with Crippen molar-refractivity contribution in [3.05, 3.63) is 0 Å². The molecule has 0 spiro atoms. The first kappa shape index (κ1) is 20.5. The maximum absolute atomic E-state index is 12.2. The van der Waals surface area contributed by atoms with E-state index in [0.29, 0.717) is 0 Å². The molecule has 0 aromatic carbocycles.